The number of rotatable bonds is 12. The molecule has 5 nitrogen and oxygen atoms in total. The van der Waals surface area contributed by atoms with Crippen LogP contribution in [0.2, 0.25) is 0 Å². The van der Waals surface area contributed by atoms with Crippen LogP contribution in [-0.4, -0.2) is 51.6 Å². The molecule has 28 heavy (non-hydrogen) atoms. The lowest BCUT2D eigenvalue weighted by atomic mass is 9.87. The molecular formula is C23H38O5. The molecule has 0 aromatic carbocycles. The number of fused-ring (bicyclic) bond motifs is 1. The summed E-state index contributed by atoms with van der Waals surface area (Å²) in [5.41, 5.74) is -0.0515. The topological polar surface area (TPSA) is 87.0 Å². The van der Waals surface area contributed by atoms with Crippen LogP contribution in [-0.2, 0) is 9.53 Å². The molecule has 1 heterocycles. The average molecular weight is 395 g/mol. The number of Topliss-reactive ketones (excluding diaryl/α,β-unsaturated/α-hetero) is 1. The van der Waals surface area contributed by atoms with Crippen molar-refractivity contribution < 1.29 is 24.9 Å². The third-order valence-electron chi connectivity index (χ3n) is 6.39. The fraction of sp³-hybridized carbons (Fsp3) is 0.783. The lowest BCUT2D eigenvalue weighted by Crippen LogP contribution is -2.26. The van der Waals surface area contributed by atoms with Gasteiger partial charge < -0.3 is 20.1 Å². The van der Waals surface area contributed by atoms with E-state index in [0.29, 0.717) is 25.2 Å². The Morgan fingerprint density at radius 1 is 1.29 bits per heavy atom. The van der Waals surface area contributed by atoms with Crippen molar-refractivity contribution in [3.63, 3.8) is 0 Å². The van der Waals surface area contributed by atoms with Crippen LogP contribution < -0.4 is 0 Å². The van der Waals surface area contributed by atoms with Gasteiger partial charge in [0.05, 0.1) is 23.9 Å². The highest BCUT2D eigenvalue weighted by Crippen LogP contribution is 2.45. The summed E-state index contributed by atoms with van der Waals surface area (Å²) in [6.07, 6.45) is 10.9. The maximum atomic E-state index is 11.2. The summed E-state index contributed by atoms with van der Waals surface area (Å²) in [6, 6.07) is 0. The number of hydrogen-bond acceptors (Lipinski definition) is 5. The predicted molar refractivity (Wildman–Crippen MR) is 110 cm³/mol. The van der Waals surface area contributed by atoms with E-state index in [9.17, 15) is 15.0 Å². The molecule has 2 rings (SSSR count). The molecule has 2 fully saturated rings. The van der Waals surface area contributed by atoms with E-state index >= 15 is 0 Å². The Labute approximate surface area is 169 Å². The normalized spacial score (nSPS) is 31.8. The Morgan fingerprint density at radius 3 is 2.71 bits per heavy atom. The molecule has 160 valence electrons. The summed E-state index contributed by atoms with van der Waals surface area (Å²) in [7, 11) is 0. The molecule has 0 aromatic rings. The van der Waals surface area contributed by atoms with Crippen LogP contribution in [0.15, 0.2) is 24.3 Å². The summed E-state index contributed by atoms with van der Waals surface area (Å²) in [5, 5.41) is 29.8. The zero-order chi connectivity index (χ0) is 20.7. The Kier molecular flexibility index (Phi) is 8.87. The highest BCUT2D eigenvalue weighted by molar-refractivity contribution is 5.79. The molecule has 2 aliphatic rings. The first-order valence-electron chi connectivity index (χ1n) is 10.8. The summed E-state index contributed by atoms with van der Waals surface area (Å²) >= 11 is 0. The van der Waals surface area contributed by atoms with E-state index in [-0.39, 0.29) is 30.5 Å². The van der Waals surface area contributed by atoms with Crippen LogP contribution in [0.1, 0.15) is 71.6 Å². The largest absolute Gasteiger partial charge is 0.392 e. The molecule has 3 N–H and O–H groups in total. The zero-order valence-corrected chi connectivity index (χ0v) is 17.5. The van der Waals surface area contributed by atoms with Crippen molar-refractivity contribution in [1.29, 1.82) is 0 Å². The minimum absolute atomic E-state index is 0.0706. The van der Waals surface area contributed by atoms with Crippen LogP contribution in [0.5, 0.6) is 0 Å². The van der Waals surface area contributed by atoms with Crippen LogP contribution in [0, 0.1) is 11.8 Å². The summed E-state index contributed by atoms with van der Waals surface area (Å²) in [5.74, 6) is 0.287. The second kappa shape index (κ2) is 10.7. The van der Waals surface area contributed by atoms with E-state index in [1.54, 1.807) is 6.92 Å². The number of ketones is 1. The second-order valence-corrected chi connectivity index (χ2v) is 8.78. The van der Waals surface area contributed by atoms with Gasteiger partial charge in [-0.05, 0) is 50.5 Å². The standard InChI is InChI=1S/C23H38O5/c1-4-8-16(2)23(3,27)12-7-11-19-20-13-18(28-22(20)14-21(19)26)10-6-5-9-17(25)15-24/h7,11,18-22,24,26-27H,2,4-6,8-10,12-15H2,1,3H3/b11-7+/t18?,19-,20-,21-,22+,23?/m1/s1. The van der Waals surface area contributed by atoms with Gasteiger partial charge >= 0.3 is 0 Å². The van der Waals surface area contributed by atoms with Gasteiger partial charge in [-0.25, -0.2) is 0 Å². The summed E-state index contributed by atoms with van der Waals surface area (Å²) in [4.78, 5) is 11.2. The van der Waals surface area contributed by atoms with Crippen molar-refractivity contribution in [2.75, 3.05) is 6.61 Å². The van der Waals surface area contributed by atoms with Gasteiger partial charge in [0.15, 0.2) is 5.78 Å². The molecule has 1 aliphatic heterocycles. The minimum Gasteiger partial charge on any atom is -0.392 e. The molecule has 1 saturated heterocycles. The van der Waals surface area contributed by atoms with Gasteiger partial charge in [0.25, 0.3) is 0 Å². The van der Waals surface area contributed by atoms with Crippen molar-refractivity contribution in [3.05, 3.63) is 24.3 Å². The predicted octanol–water partition coefficient (Wildman–Crippen LogP) is 3.32. The summed E-state index contributed by atoms with van der Waals surface area (Å²) in [6.45, 7) is 7.52. The first-order valence-corrected chi connectivity index (χ1v) is 10.8. The lowest BCUT2D eigenvalue weighted by molar-refractivity contribution is -0.121. The molecule has 0 spiro atoms. The maximum Gasteiger partial charge on any atom is 0.158 e. The van der Waals surface area contributed by atoms with Gasteiger partial charge in [0.2, 0.25) is 0 Å². The van der Waals surface area contributed by atoms with Gasteiger partial charge in [-0.3, -0.25) is 4.79 Å². The van der Waals surface area contributed by atoms with Crippen molar-refractivity contribution in [2.24, 2.45) is 11.8 Å². The monoisotopic (exact) mass is 394 g/mol. The molecule has 0 aromatic heterocycles. The zero-order valence-electron chi connectivity index (χ0n) is 17.5. The fourth-order valence-corrected chi connectivity index (χ4v) is 4.58. The molecule has 0 amide bonds. The first-order chi connectivity index (χ1) is 13.3. The van der Waals surface area contributed by atoms with Gasteiger partial charge in [0, 0.05) is 18.8 Å². The number of aliphatic hydroxyl groups is 3. The van der Waals surface area contributed by atoms with Crippen molar-refractivity contribution in [1.82, 2.24) is 0 Å². The maximum absolute atomic E-state index is 11.2. The van der Waals surface area contributed by atoms with E-state index in [1.807, 2.05) is 6.08 Å². The lowest BCUT2D eigenvalue weighted by Gasteiger charge is -2.25. The van der Waals surface area contributed by atoms with Crippen LogP contribution in [0.3, 0.4) is 0 Å². The van der Waals surface area contributed by atoms with Crippen LogP contribution in [0.25, 0.3) is 0 Å². The molecule has 0 bridgehead atoms. The van der Waals surface area contributed by atoms with Gasteiger partial charge in [-0.2, -0.15) is 0 Å². The van der Waals surface area contributed by atoms with Crippen LogP contribution in [0.4, 0.5) is 0 Å². The van der Waals surface area contributed by atoms with Gasteiger partial charge in [0.1, 0.15) is 6.61 Å². The SMILES string of the molecule is C=C(CCC)C(C)(O)C/C=C/[C@@H]1[C@H]2CC(CCCCC(=O)CO)O[C@H]2C[C@H]1O. The third-order valence-corrected chi connectivity index (χ3v) is 6.39. The van der Waals surface area contributed by atoms with E-state index in [1.165, 1.54) is 0 Å². The van der Waals surface area contributed by atoms with E-state index in [0.717, 1.165) is 44.1 Å². The molecule has 1 aliphatic carbocycles. The summed E-state index contributed by atoms with van der Waals surface area (Å²) < 4.78 is 6.15. The van der Waals surface area contributed by atoms with Crippen LogP contribution >= 0.6 is 0 Å². The minimum atomic E-state index is -0.907. The van der Waals surface area contributed by atoms with Crippen molar-refractivity contribution in [3.8, 4) is 0 Å². The highest BCUT2D eigenvalue weighted by Gasteiger charge is 2.47. The molecule has 5 heteroatoms. The fourth-order valence-electron chi connectivity index (χ4n) is 4.58. The second-order valence-electron chi connectivity index (χ2n) is 8.78. The highest BCUT2D eigenvalue weighted by atomic mass is 16.5. The van der Waals surface area contributed by atoms with E-state index < -0.39 is 11.7 Å². The van der Waals surface area contributed by atoms with Gasteiger partial charge in [-0.1, -0.05) is 38.5 Å². The van der Waals surface area contributed by atoms with E-state index in [2.05, 4.69) is 19.6 Å². The first kappa shape index (κ1) is 23.3. The van der Waals surface area contributed by atoms with Crippen molar-refractivity contribution >= 4 is 5.78 Å². The van der Waals surface area contributed by atoms with Gasteiger partial charge in [-0.15, -0.1) is 0 Å². The molecule has 2 unspecified atom stereocenters. The Morgan fingerprint density at radius 2 is 2.04 bits per heavy atom. The smallest absolute Gasteiger partial charge is 0.158 e. The third kappa shape index (κ3) is 6.24. The number of unbranched alkanes of at least 4 members (excludes halogenated alkanes) is 1. The number of hydrogen-bond donors (Lipinski definition) is 3. The van der Waals surface area contributed by atoms with E-state index in [4.69, 9.17) is 9.84 Å². The van der Waals surface area contributed by atoms with Crippen molar-refractivity contribution in [2.45, 2.75) is 95.5 Å². The number of carbonyl (C=O) groups is 1. The Bertz CT molecular complexity index is 553. The molecular weight excluding hydrogens is 356 g/mol. The molecule has 0 radical (unpaired) electrons. The number of aliphatic hydroxyl groups excluding tert-OH is 2. The molecule has 1 saturated carbocycles. The quantitative estimate of drug-likeness (QED) is 0.349. The Hall–Kier alpha value is -1.01. The Balaban J connectivity index is 1.81. The molecule has 6 atom stereocenters. The number of ether oxygens (including phenoxy) is 1. The number of carbonyl (C=O) groups excluding carboxylic acids is 1. The average Bonchev–Trinajstić information content (AvgIpc) is 3.16.